The SMILES string of the molecule is COCC(CO)NC(=O)c1cncc(F)c1. The van der Waals surface area contributed by atoms with Gasteiger partial charge in [0.25, 0.3) is 5.91 Å². The van der Waals surface area contributed by atoms with E-state index < -0.39 is 17.8 Å². The second-order valence-electron chi connectivity index (χ2n) is 3.20. The van der Waals surface area contributed by atoms with E-state index in [4.69, 9.17) is 9.84 Å². The highest BCUT2D eigenvalue weighted by atomic mass is 19.1. The predicted molar refractivity (Wildman–Crippen MR) is 54.4 cm³/mol. The molecule has 0 aliphatic carbocycles. The first-order valence-electron chi connectivity index (χ1n) is 4.68. The minimum atomic E-state index is -0.583. The van der Waals surface area contributed by atoms with Crippen LogP contribution < -0.4 is 5.32 Å². The molecule has 5 nitrogen and oxygen atoms in total. The van der Waals surface area contributed by atoms with Gasteiger partial charge in [-0.3, -0.25) is 9.78 Å². The van der Waals surface area contributed by atoms with E-state index in [1.54, 1.807) is 0 Å². The fraction of sp³-hybridized carbons (Fsp3) is 0.400. The summed E-state index contributed by atoms with van der Waals surface area (Å²) >= 11 is 0. The molecule has 1 unspecified atom stereocenters. The van der Waals surface area contributed by atoms with Crippen LogP contribution >= 0.6 is 0 Å². The van der Waals surface area contributed by atoms with Crippen molar-refractivity contribution in [3.63, 3.8) is 0 Å². The first-order chi connectivity index (χ1) is 7.67. The van der Waals surface area contributed by atoms with E-state index >= 15 is 0 Å². The molecule has 16 heavy (non-hydrogen) atoms. The molecule has 0 bridgehead atoms. The molecule has 2 N–H and O–H groups in total. The van der Waals surface area contributed by atoms with Crippen LogP contribution in [0.3, 0.4) is 0 Å². The van der Waals surface area contributed by atoms with Gasteiger partial charge in [-0.15, -0.1) is 0 Å². The lowest BCUT2D eigenvalue weighted by Gasteiger charge is -2.14. The Kier molecular flexibility index (Phi) is 4.81. The highest BCUT2D eigenvalue weighted by Crippen LogP contribution is 2.01. The van der Waals surface area contributed by atoms with Gasteiger partial charge in [-0.05, 0) is 6.07 Å². The van der Waals surface area contributed by atoms with Crippen LogP contribution in [0.15, 0.2) is 18.5 Å². The topological polar surface area (TPSA) is 71.5 Å². The van der Waals surface area contributed by atoms with Gasteiger partial charge in [0.15, 0.2) is 0 Å². The average molecular weight is 228 g/mol. The summed E-state index contributed by atoms with van der Waals surface area (Å²) in [6, 6.07) is 0.560. The molecule has 1 atom stereocenters. The molecule has 6 heteroatoms. The molecule has 1 aromatic rings. The van der Waals surface area contributed by atoms with Gasteiger partial charge in [0, 0.05) is 13.3 Å². The fourth-order valence-corrected chi connectivity index (χ4v) is 1.15. The standard InChI is InChI=1S/C10H13FN2O3/c1-16-6-9(5-14)13-10(15)7-2-8(11)4-12-3-7/h2-4,9,14H,5-6H2,1H3,(H,13,15). The normalized spacial score (nSPS) is 12.2. The summed E-state index contributed by atoms with van der Waals surface area (Å²) in [5.41, 5.74) is 0.106. The highest BCUT2D eigenvalue weighted by Gasteiger charge is 2.13. The van der Waals surface area contributed by atoms with Crippen molar-refractivity contribution in [2.75, 3.05) is 20.3 Å². The number of nitrogens with zero attached hydrogens (tertiary/aromatic N) is 1. The minimum absolute atomic E-state index is 0.106. The third-order valence-electron chi connectivity index (χ3n) is 1.89. The van der Waals surface area contributed by atoms with Crippen molar-refractivity contribution in [1.29, 1.82) is 0 Å². The lowest BCUT2D eigenvalue weighted by Crippen LogP contribution is -2.40. The van der Waals surface area contributed by atoms with Crippen molar-refractivity contribution in [1.82, 2.24) is 10.3 Å². The van der Waals surface area contributed by atoms with Gasteiger partial charge in [-0.2, -0.15) is 0 Å². The molecule has 1 rings (SSSR count). The van der Waals surface area contributed by atoms with Crippen LogP contribution in [0.4, 0.5) is 4.39 Å². The molecule has 1 aromatic heterocycles. The summed E-state index contributed by atoms with van der Waals surface area (Å²) < 4.78 is 17.6. The van der Waals surface area contributed by atoms with Crippen LogP contribution in [0.2, 0.25) is 0 Å². The number of carbonyl (C=O) groups is 1. The van der Waals surface area contributed by atoms with Crippen molar-refractivity contribution >= 4 is 5.91 Å². The molecule has 88 valence electrons. The number of hydrogen-bond acceptors (Lipinski definition) is 4. The van der Waals surface area contributed by atoms with E-state index in [1.807, 2.05) is 0 Å². The number of hydrogen-bond donors (Lipinski definition) is 2. The Hall–Kier alpha value is -1.53. The summed E-state index contributed by atoms with van der Waals surface area (Å²) in [6.45, 7) is -0.0622. The van der Waals surface area contributed by atoms with Crippen LogP contribution in [0.5, 0.6) is 0 Å². The third kappa shape index (κ3) is 3.56. The number of aliphatic hydroxyl groups is 1. The zero-order chi connectivity index (χ0) is 12.0. The predicted octanol–water partition coefficient (Wildman–Crippen LogP) is -0.0422. The molecule has 0 spiro atoms. The molecule has 0 saturated heterocycles. The number of aliphatic hydroxyl groups excluding tert-OH is 1. The first-order valence-corrected chi connectivity index (χ1v) is 4.68. The second kappa shape index (κ2) is 6.14. The number of rotatable bonds is 5. The Morgan fingerprint density at radius 3 is 3.00 bits per heavy atom. The van der Waals surface area contributed by atoms with Crippen molar-refractivity contribution in [3.8, 4) is 0 Å². The number of aromatic nitrogens is 1. The number of pyridine rings is 1. The Morgan fingerprint density at radius 2 is 2.44 bits per heavy atom. The third-order valence-corrected chi connectivity index (χ3v) is 1.89. The van der Waals surface area contributed by atoms with Gasteiger partial charge in [0.05, 0.1) is 31.0 Å². The molecular formula is C10H13FN2O3. The lowest BCUT2D eigenvalue weighted by molar-refractivity contribution is 0.0839. The van der Waals surface area contributed by atoms with E-state index in [9.17, 15) is 9.18 Å². The van der Waals surface area contributed by atoms with Crippen LogP contribution in [0.1, 0.15) is 10.4 Å². The van der Waals surface area contributed by atoms with Gasteiger partial charge in [-0.25, -0.2) is 4.39 Å². The molecule has 0 aliphatic heterocycles. The fourth-order valence-electron chi connectivity index (χ4n) is 1.15. The van der Waals surface area contributed by atoms with Gasteiger partial charge in [0.2, 0.25) is 0 Å². The maximum Gasteiger partial charge on any atom is 0.253 e. The summed E-state index contributed by atoms with van der Waals surface area (Å²) in [4.78, 5) is 15.1. The smallest absolute Gasteiger partial charge is 0.253 e. The first kappa shape index (κ1) is 12.5. The Balaban J connectivity index is 2.64. The Labute approximate surface area is 92.3 Å². The van der Waals surface area contributed by atoms with E-state index in [1.165, 1.54) is 13.3 Å². The van der Waals surface area contributed by atoms with Gasteiger partial charge in [0.1, 0.15) is 5.82 Å². The Bertz CT molecular complexity index is 360. The molecule has 0 fully saturated rings. The van der Waals surface area contributed by atoms with E-state index in [0.29, 0.717) is 0 Å². The van der Waals surface area contributed by atoms with E-state index in [2.05, 4.69) is 10.3 Å². The summed E-state index contributed by atoms with van der Waals surface area (Å²) in [6.07, 6.45) is 2.26. The van der Waals surface area contributed by atoms with Crippen LogP contribution in [-0.4, -0.2) is 42.4 Å². The largest absolute Gasteiger partial charge is 0.394 e. The quantitative estimate of drug-likeness (QED) is 0.741. The minimum Gasteiger partial charge on any atom is -0.394 e. The summed E-state index contributed by atoms with van der Waals surface area (Å²) in [7, 11) is 1.46. The van der Waals surface area contributed by atoms with E-state index in [0.717, 1.165) is 12.3 Å². The van der Waals surface area contributed by atoms with Crippen LogP contribution in [-0.2, 0) is 4.74 Å². The maximum atomic E-state index is 12.8. The summed E-state index contributed by atoms with van der Waals surface area (Å²) in [5, 5.41) is 11.4. The van der Waals surface area contributed by atoms with Gasteiger partial charge >= 0.3 is 0 Å². The summed E-state index contributed by atoms with van der Waals surface area (Å²) in [5.74, 6) is -1.08. The van der Waals surface area contributed by atoms with Crippen molar-refractivity contribution in [2.45, 2.75) is 6.04 Å². The second-order valence-corrected chi connectivity index (χ2v) is 3.20. The van der Waals surface area contributed by atoms with Crippen molar-refractivity contribution in [2.24, 2.45) is 0 Å². The number of methoxy groups -OCH3 is 1. The van der Waals surface area contributed by atoms with Crippen molar-refractivity contribution in [3.05, 3.63) is 29.8 Å². The van der Waals surface area contributed by atoms with Crippen LogP contribution in [0.25, 0.3) is 0 Å². The number of amides is 1. The molecular weight excluding hydrogens is 215 g/mol. The Morgan fingerprint density at radius 1 is 1.69 bits per heavy atom. The van der Waals surface area contributed by atoms with Gasteiger partial charge < -0.3 is 15.2 Å². The number of ether oxygens (including phenoxy) is 1. The van der Waals surface area contributed by atoms with Gasteiger partial charge in [-0.1, -0.05) is 0 Å². The maximum absolute atomic E-state index is 12.8. The molecule has 0 aliphatic rings. The number of carbonyl (C=O) groups excluding carboxylic acids is 1. The zero-order valence-electron chi connectivity index (χ0n) is 8.81. The van der Waals surface area contributed by atoms with Crippen molar-refractivity contribution < 1.29 is 19.0 Å². The average Bonchev–Trinajstić information content (AvgIpc) is 2.28. The monoisotopic (exact) mass is 228 g/mol. The molecule has 1 heterocycles. The zero-order valence-corrected chi connectivity index (χ0v) is 8.81. The van der Waals surface area contributed by atoms with E-state index in [-0.39, 0.29) is 18.8 Å². The molecule has 0 saturated carbocycles. The number of nitrogens with one attached hydrogen (secondary N) is 1. The number of halogens is 1. The molecule has 0 aromatic carbocycles. The molecule has 1 amide bonds. The lowest BCUT2D eigenvalue weighted by atomic mass is 10.2. The van der Waals surface area contributed by atoms with Crippen LogP contribution in [0, 0.1) is 5.82 Å². The highest BCUT2D eigenvalue weighted by molar-refractivity contribution is 5.94. The molecule has 0 radical (unpaired) electrons.